The maximum Gasteiger partial charge on any atom is 0.419 e. The van der Waals surface area contributed by atoms with E-state index in [4.69, 9.17) is 0 Å². The van der Waals surface area contributed by atoms with Gasteiger partial charge >= 0.3 is 6.18 Å². The first kappa shape index (κ1) is 12.3. The number of nitrogens with one attached hydrogen (secondary N) is 1. The van der Waals surface area contributed by atoms with Gasteiger partial charge in [0.1, 0.15) is 5.82 Å². The molecular weight excluding hydrogens is 252 g/mol. The molecule has 0 atom stereocenters. The molecule has 0 aliphatic carbocycles. The highest BCUT2D eigenvalue weighted by Gasteiger charge is 2.34. The van der Waals surface area contributed by atoms with Crippen molar-refractivity contribution in [2.24, 2.45) is 0 Å². The lowest BCUT2D eigenvalue weighted by Crippen LogP contribution is -2.10. The molecule has 0 fully saturated rings. The molecule has 0 amide bonds. The largest absolute Gasteiger partial charge is 0.419 e. The first-order valence-electron chi connectivity index (χ1n) is 4.80. The SMILES string of the molecule is O=C(c1ccc(C(F)(F)F)c(F)c1)c1ncc[nH]1. The molecular formula is C11H6F4N2O. The summed E-state index contributed by atoms with van der Waals surface area (Å²) in [5.74, 6) is -2.22. The number of rotatable bonds is 2. The van der Waals surface area contributed by atoms with Gasteiger partial charge in [0.05, 0.1) is 5.56 Å². The van der Waals surface area contributed by atoms with E-state index in [0.717, 1.165) is 6.07 Å². The number of ketones is 1. The molecule has 0 saturated heterocycles. The molecule has 1 aromatic heterocycles. The van der Waals surface area contributed by atoms with Gasteiger partial charge in [0.15, 0.2) is 5.82 Å². The normalized spacial score (nSPS) is 11.6. The van der Waals surface area contributed by atoms with E-state index >= 15 is 0 Å². The van der Waals surface area contributed by atoms with Gasteiger partial charge in [-0.15, -0.1) is 0 Å². The molecule has 0 radical (unpaired) electrons. The number of carbonyl (C=O) groups is 1. The fourth-order valence-electron chi connectivity index (χ4n) is 1.41. The van der Waals surface area contributed by atoms with E-state index in [2.05, 4.69) is 9.97 Å². The molecule has 7 heteroatoms. The molecule has 2 aromatic rings. The maximum absolute atomic E-state index is 13.2. The number of aromatic amines is 1. The summed E-state index contributed by atoms with van der Waals surface area (Å²) in [7, 11) is 0. The molecule has 1 heterocycles. The minimum Gasteiger partial charge on any atom is -0.342 e. The van der Waals surface area contributed by atoms with Gasteiger partial charge in [-0.2, -0.15) is 13.2 Å². The average molecular weight is 258 g/mol. The highest BCUT2D eigenvalue weighted by molar-refractivity contribution is 6.06. The van der Waals surface area contributed by atoms with Crippen LogP contribution in [-0.2, 0) is 6.18 Å². The monoisotopic (exact) mass is 258 g/mol. The van der Waals surface area contributed by atoms with Gasteiger partial charge in [-0.1, -0.05) is 6.07 Å². The summed E-state index contributed by atoms with van der Waals surface area (Å²) in [4.78, 5) is 17.8. The van der Waals surface area contributed by atoms with Crippen molar-refractivity contribution >= 4 is 5.78 Å². The van der Waals surface area contributed by atoms with Gasteiger partial charge in [0, 0.05) is 18.0 Å². The van der Waals surface area contributed by atoms with Crippen molar-refractivity contribution in [3.05, 3.63) is 53.4 Å². The Morgan fingerprint density at radius 3 is 2.50 bits per heavy atom. The second-order valence-corrected chi connectivity index (χ2v) is 3.46. The molecule has 3 nitrogen and oxygen atoms in total. The van der Waals surface area contributed by atoms with E-state index in [9.17, 15) is 22.4 Å². The zero-order chi connectivity index (χ0) is 13.3. The van der Waals surface area contributed by atoms with Crippen LogP contribution in [0.4, 0.5) is 17.6 Å². The third-order valence-electron chi connectivity index (χ3n) is 2.25. The van der Waals surface area contributed by atoms with Gasteiger partial charge < -0.3 is 4.98 Å². The summed E-state index contributed by atoms with van der Waals surface area (Å²) in [5, 5.41) is 0. The number of alkyl halides is 3. The Balaban J connectivity index is 2.38. The van der Waals surface area contributed by atoms with Crippen molar-refractivity contribution in [2.75, 3.05) is 0 Å². The second-order valence-electron chi connectivity index (χ2n) is 3.46. The number of carbonyl (C=O) groups excluding carboxylic acids is 1. The Hall–Kier alpha value is -2.18. The number of nitrogens with zero attached hydrogens (tertiary/aromatic N) is 1. The van der Waals surface area contributed by atoms with Crippen LogP contribution >= 0.6 is 0 Å². The van der Waals surface area contributed by atoms with Crippen LogP contribution < -0.4 is 0 Å². The standard InChI is InChI=1S/C11H6F4N2O/c12-8-5-6(1-2-7(8)11(13,14)15)9(18)10-16-3-4-17-10/h1-5H,(H,16,17). The predicted molar refractivity (Wildman–Crippen MR) is 53.4 cm³/mol. The van der Waals surface area contributed by atoms with Crippen LogP contribution in [0.15, 0.2) is 30.6 Å². The Bertz CT molecular complexity index is 575. The zero-order valence-electron chi connectivity index (χ0n) is 8.75. The predicted octanol–water partition coefficient (Wildman–Crippen LogP) is 2.80. The second kappa shape index (κ2) is 4.25. The number of hydrogen-bond donors (Lipinski definition) is 1. The lowest BCUT2D eigenvalue weighted by atomic mass is 10.1. The first-order valence-corrected chi connectivity index (χ1v) is 4.80. The summed E-state index contributed by atoms with van der Waals surface area (Å²) in [6.45, 7) is 0. The quantitative estimate of drug-likeness (QED) is 0.665. The Morgan fingerprint density at radius 2 is 2.00 bits per heavy atom. The molecule has 0 saturated carbocycles. The van der Waals surface area contributed by atoms with Crippen LogP contribution in [0.2, 0.25) is 0 Å². The average Bonchev–Trinajstić information content (AvgIpc) is 2.79. The third kappa shape index (κ3) is 2.24. The highest BCUT2D eigenvalue weighted by Crippen LogP contribution is 2.31. The van der Waals surface area contributed by atoms with Crippen molar-refractivity contribution in [3.8, 4) is 0 Å². The topological polar surface area (TPSA) is 45.8 Å². The van der Waals surface area contributed by atoms with E-state index in [1.54, 1.807) is 0 Å². The minimum atomic E-state index is -4.78. The molecule has 0 aliphatic rings. The molecule has 94 valence electrons. The molecule has 1 N–H and O–H groups in total. The molecule has 1 aromatic carbocycles. The fourth-order valence-corrected chi connectivity index (χ4v) is 1.41. The van der Waals surface area contributed by atoms with Crippen molar-refractivity contribution in [1.82, 2.24) is 9.97 Å². The van der Waals surface area contributed by atoms with Gasteiger partial charge in [-0.05, 0) is 12.1 Å². The number of H-pyrrole nitrogens is 1. The van der Waals surface area contributed by atoms with E-state index in [1.807, 2.05) is 0 Å². The number of hydrogen-bond acceptors (Lipinski definition) is 2. The molecule has 0 bridgehead atoms. The summed E-state index contributed by atoms with van der Waals surface area (Å²) < 4.78 is 50.2. The summed E-state index contributed by atoms with van der Waals surface area (Å²) >= 11 is 0. The number of halogens is 4. The van der Waals surface area contributed by atoms with E-state index < -0.39 is 23.3 Å². The van der Waals surface area contributed by atoms with E-state index in [0.29, 0.717) is 12.1 Å². The first-order chi connectivity index (χ1) is 8.39. The summed E-state index contributed by atoms with van der Waals surface area (Å²) in [6.07, 6.45) is -2.09. The van der Waals surface area contributed by atoms with Crippen LogP contribution in [0.25, 0.3) is 0 Å². The lowest BCUT2D eigenvalue weighted by Gasteiger charge is -2.08. The number of imidazole rings is 1. The highest BCUT2D eigenvalue weighted by atomic mass is 19.4. The van der Waals surface area contributed by atoms with Crippen molar-refractivity contribution in [3.63, 3.8) is 0 Å². The van der Waals surface area contributed by atoms with Gasteiger partial charge in [0.25, 0.3) is 0 Å². The molecule has 0 spiro atoms. The maximum atomic E-state index is 13.2. The lowest BCUT2D eigenvalue weighted by molar-refractivity contribution is -0.140. The summed E-state index contributed by atoms with van der Waals surface area (Å²) in [5.41, 5.74) is -1.60. The van der Waals surface area contributed by atoms with Crippen molar-refractivity contribution < 1.29 is 22.4 Å². The Labute approximate surface area is 98.5 Å². The number of aromatic nitrogens is 2. The molecule has 0 unspecified atom stereocenters. The fraction of sp³-hybridized carbons (Fsp3) is 0.0909. The zero-order valence-corrected chi connectivity index (χ0v) is 8.75. The Kier molecular flexibility index (Phi) is 2.90. The van der Waals surface area contributed by atoms with Crippen LogP contribution in [0.5, 0.6) is 0 Å². The number of benzene rings is 1. The van der Waals surface area contributed by atoms with Crippen molar-refractivity contribution in [1.29, 1.82) is 0 Å². The van der Waals surface area contributed by atoms with Gasteiger partial charge in [-0.3, -0.25) is 4.79 Å². The van der Waals surface area contributed by atoms with E-state index in [1.165, 1.54) is 12.4 Å². The minimum absolute atomic E-state index is 0.0610. The van der Waals surface area contributed by atoms with Crippen LogP contribution in [-0.4, -0.2) is 15.8 Å². The molecule has 2 rings (SSSR count). The smallest absolute Gasteiger partial charge is 0.342 e. The molecule has 18 heavy (non-hydrogen) atoms. The van der Waals surface area contributed by atoms with Crippen LogP contribution in [0.1, 0.15) is 21.7 Å². The van der Waals surface area contributed by atoms with Crippen LogP contribution in [0, 0.1) is 5.82 Å². The molecule has 0 aliphatic heterocycles. The Morgan fingerprint density at radius 1 is 1.28 bits per heavy atom. The van der Waals surface area contributed by atoms with Crippen LogP contribution in [0.3, 0.4) is 0 Å². The van der Waals surface area contributed by atoms with E-state index in [-0.39, 0.29) is 11.4 Å². The third-order valence-corrected chi connectivity index (χ3v) is 2.25. The van der Waals surface area contributed by atoms with Crippen molar-refractivity contribution in [2.45, 2.75) is 6.18 Å². The van der Waals surface area contributed by atoms with Gasteiger partial charge in [0.2, 0.25) is 5.78 Å². The van der Waals surface area contributed by atoms with Gasteiger partial charge in [-0.25, -0.2) is 9.37 Å². The summed E-state index contributed by atoms with van der Waals surface area (Å²) in [6, 6.07) is 2.00.